The first-order valence-corrected chi connectivity index (χ1v) is 11.2. The fraction of sp³-hybridized carbons (Fsp3) is 0.348. The van der Waals surface area contributed by atoms with Gasteiger partial charge < -0.3 is 15.0 Å². The number of carbonyl (C=O) groups excluding carboxylic acids is 3. The predicted molar refractivity (Wildman–Crippen MR) is 117 cm³/mol. The van der Waals surface area contributed by atoms with Crippen LogP contribution in [0.5, 0.6) is 0 Å². The first-order valence-electron chi connectivity index (χ1n) is 10.2. The highest BCUT2D eigenvalue weighted by Gasteiger charge is 2.28. The molecule has 1 saturated carbocycles. The average molecular weight is 425 g/mol. The Balaban J connectivity index is 1.44. The molecule has 2 amide bonds. The number of anilines is 2. The summed E-state index contributed by atoms with van der Waals surface area (Å²) in [5, 5.41) is 2.76. The van der Waals surface area contributed by atoms with Gasteiger partial charge in [0.25, 0.3) is 5.91 Å². The summed E-state index contributed by atoms with van der Waals surface area (Å²) in [7, 11) is 0. The maximum absolute atomic E-state index is 13.0. The molecule has 1 aliphatic heterocycles. The SMILES string of the molecule is O=C1CSc2ccc(C(=O)OCC(=O)N(c3ccccc3)C3CCCCC3)cc2N1. The zero-order chi connectivity index (χ0) is 20.9. The lowest BCUT2D eigenvalue weighted by Crippen LogP contribution is -2.43. The summed E-state index contributed by atoms with van der Waals surface area (Å²) in [6, 6.07) is 14.7. The lowest BCUT2D eigenvalue weighted by atomic mass is 9.93. The summed E-state index contributed by atoms with van der Waals surface area (Å²) in [5.74, 6) is -0.531. The van der Waals surface area contributed by atoms with Crippen molar-refractivity contribution in [1.29, 1.82) is 0 Å². The number of benzene rings is 2. The predicted octanol–water partition coefficient (Wildman–Crippen LogP) is 4.25. The van der Waals surface area contributed by atoms with Crippen LogP contribution in [0.25, 0.3) is 0 Å². The van der Waals surface area contributed by atoms with Crippen molar-refractivity contribution in [1.82, 2.24) is 0 Å². The van der Waals surface area contributed by atoms with Gasteiger partial charge in [-0.3, -0.25) is 9.59 Å². The molecule has 4 rings (SSSR count). The summed E-state index contributed by atoms with van der Waals surface area (Å²) in [6.45, 7) is -0.317. The molecule has 30 heavy (non-hydrogen) atoms. The van der Waals surface area contributed by atoms with Gasteiger partial charge in [0.05, 0.1) is 17.0 Å². The van der Waals surface area contributed by atoms with Crippen LogP contribution in [0.2, 0.25) is 0 Å². The van der Waals surface area contributed by atoms with Gasteiger partial charge in [0.2, 0.25) is 5.91 Å². The highest BCUT2D eigenvalue weighted by molar-refractivity contribution is 8.00. The van der Waals surface area contributed by atoms with Crippen LogP contribution in [0.4, 0.5) is 11.4 Å². The lowest BCUT2D eigenvalue weighted by Gasteiger charge is -2.34. The molecular formula is C23H24N2O4S. The van der Waals surface area contributed by atoms with Crippen molar-refractivity contribution < 1.29 is 19.1 Å². The first-order chi connectivity index (χ1) is 14.6. The van der Waals surface area contributed by atoms with Crippen LogP contribution in [0.15, 0.2) is 53.4 Å². The number of thioether (sulfide) groups is 1. The number of fused-ring (bicyclic) bond motifs is 1. The van der Waals surface area contributed by atoms with Gasteiger partial charge in [-0.15, -0.1) is 11.8 Å². The van der Waals surface area contributed by atoms with Crippen LogP contribution >= 0.6 is 11.8 Å². The van der Waals surface area contributed by atoms with Crippen molar-refractivity contribution in [2.75, 3.05) is 22.6 Å². The van der Waals surface area contributed by atoms with E-state index >= 15 is 0 Å². The van der Waals surface area contributed by atoms with Crippen LogP contribution in [0, 0.1) is 0 Å². The van der Waals surface area contributed by atoms with Gasteiger partial charge in [-0.05, 0) is 43.2 Å². The number of ether oxygens (including phenoxy) is 1. The molecule has 2 aromatic carbocycles. The minimum atomic E-state index is -0.576. The Morgan fingerprint density at radius 1 is 1.07 bits per heavy atom. The Bertz CT molecular complexity index is 941. The van der Waals surface area contributed by atoms with E-state index in [1.54, 1.807) is 23.1 Å². The number of amides is 2. The largest absolute Gasteiger partial charge is 0.452 e. The van der Waals surface area contributed by atoms with Crippen LogP contribution in [0.3, 0.4) is 0 Å². The Morgan fingerprint density at radius 3 is 2.60 bits per heavy atom. The summed E-state index contributed by atoms with van der Waals surface area (Å²) in [6.07, 6.45) is 5.29. The van der Waals surface area contributed by atoms with Crippen LogP contribution in [0.1, 0.15) is 42.5 Å². The Labute approximate surface area is 180 Å². The second-order valence-corrected chi connectivity index (χ2v) is 8.53. The topological polar surface area (TPSA) is 75.7 Å². The van der Waals surface area contributed by atoms with E-state index in [2.05, 4.69) is 5.32 Å². The highest BCUT2D eigenvalue weighted by atomic mass is 32.2. The Morgan fingerprint density at radius 2 is 1.83 bits per heavy atom. The molecule has 0 atom stereocenters. The van der Waals surface area contributed by atoms with Crippen molar-refractivity contribution in [3.05, 3.63) is 54.1 Å². The fourth-order valence-electron chi connectivity index (χ4n) is 3.98. The molecule has 156 valence electrons. The summed E-state index contributed by atoms with van der Waals surface area (Å²) < 4.78 is 5.35. The molecular weight excluding hydrogens is 400 g/mol. The third kappa shape index (κ3) is 4.67. The monoisotopic (exact) mass is 424 g/mol. The second-order valence-electron chi connectivity index (χ2n) is 7.52. The normalized spacial score (nSPS) is 16.3. The number of carbonyl (C=O) groups is 3. The van der Waals surface area contributed by atoms with Gasteiger partial charge in [-0.1, -0.05) is 37.5 Å². The van der Waals surface area contributed by atoms with E-state index in [1.165, 1.54) is 18.2 Å². The Kier molecular flexibility index (Phi) is 6.38. The fourth-order valence-corrected chi connectivity index (χ4v) is 4.77. The number of nitrogens with one attached hydrogen (secondary N) is 1. The van der Waals surface area contributed by atoms with E-state index in [1.807, 2.05) is 30.3 Å². The van der Waals surface area contributed by atoms with Crippen molar-refractivity contribution in [3.63, 3.8) is 0 Å². The minimum absolute atomic E-state index is 0.0980. The van der Waals surface area contributed by atoms with Gasteiger partial charge in [0.15, 0.2) is 6.61 Å². The molecule has 1 fully saturated rings. The number of hydrogen-bond acceptors (Lipinski definition) is 5. The highest BCUT2D eigenvalue weighted by Crippen LogP contribution is 2.32. The third-order valence-corrected chi connectivity index (χ3v) is 6.49. The summed E-state index contributed by atoms with van der Waals surface area (Å²) >= 11 is 1.43. The van der Waals surface area contributed by atoms with Gasteiger partial charge in [-0.2, -0.15) is 0 Å². The molecule has 0 bridgehead atoms. The molecule has 0 saturated heterocycles. The molecule has 2 aliphatic rings. The van der Waals surface area contributed by atoms with Gasteiger partial charge in [0.1, 0.15) is 0 Å². The van der Waals surface area contributed by atoms with Crippen molar-refractivity contribution in [2.24, 2.45) is 0 Å². The van der Waals surface area contributed by atoms with Crippen molar-refractivity contribution in [3.8, 4) is 0 Å². The molecule has 7 heteroatoms. The Hall–Kier alpha value is -2.80. The maximum Gasteiger partial charge on any atom is 0.338 e. The molecule has 0 spiro atoms. The maximum atomic E-state index is 13.0. The summed E-state index contributed by atoms with van der Waals surface area (Å²) in [5.41, 5.74) is 1.75. The zero-order valence-electron chi connectivity index (χ0n) is 16.6. The first kappa shape index (κ1) is 20.5. The molecule has 1 heterocycles. The number of rotatable bonds is 5. The molecule has 0 radical (unpaired) electrons. The van der Waals surface area contributed by atoms with Crippen molar-refractivity contribution in [2.45, 2.75) is 43.0 Å². The average Bonchev–Trinajstić information content (AvgIpc) is 2.78. The standard InChI is InChI=1S/C23H24N2O4S/c26-21-15-30-20-12-11-16(13-19(20)24-21)23(28)29-14-22(27)25(17-7-3-1-4-8-17)18-9-5-2-6-10-18/h1,3-4,7-8,11-13,18H,2,5-6,9-10,14-15H2,(H,24,26). The number of hydrogen-bond donors (Lipinski definition) is 1. The number of esters is 1. The quantitative estimate of drug-likeness (QED) is 0.726. The summed E-state index contributed by atoms with van der Waals surface area (Å²) in [4.78, 5) is 39.9. The van der Waals surface area contributed by atoms with E-state index < -0.39 is 5.97 Å². The molecule has 0 aromatic heterocycles. The third-order valence-electron chi connectivity index (χ3n) is 5.42. The van der Waals surface area contributed by atoms with E-state index in [-0.39, 0.29) is 24.5 Å². The molecule has 1 aliphatic carbocycles. The van der Waals surface area contributed by atoms with Gasteiger partial charge in [-0.25, -0.2) is 4.79 Å². The smallest absolute Gasteiger partial charge is 0.338 e. The van der Waals surface area contributed by atoms with E-state index in [0.717, 1.165) is 36.3 Å². The van der Waals surface area contributed by atoms with Crippen molar-refractivity contribution >= 4 is 40.9 Å². The van der Waals surface area contributed by atoms with E-state index in [9.17, 15) is 14.4 Å². The molecule has 0 unspecified atom stereocenters. The number of para-hydroxylation sites is 1. The number of nitrogens with zero attached hydrogens (tertiary/aromatic N) is 1. The molecule has 2 aromatic rings. The van der Waals surface area contributed by atoms with Crippen LogP contribution in [-0.2, 0) is 14.3 Å². The minimum Gasteiger partial charge on any atom is -0.452 e. The van der Waals surface area contributed by atoms with E-state index in [4.69, 9.17) is 4.74 Å². The second kappa shape index (κ2) is 9.34. The molecule has 6 nitrogen and oxygen atoms in total. The van der Waals surface area contributed by atoms with Crippen LogP contribution < -0.4 is 10.2 Å². The molecule has 1 N–H and O–H groups in total. The van der Waals surface area contributed by atoms with E-state index in [0.29, 0.717) is 17.0 Å². The van der Waals surface area contributed by atoms with Crippen LogP contribution in [-0.4, -0.2) is 36.2 Å². The van der Waals surface area contributed by atoms with Gasteiger partial charge >= 0.3 is 5.97 Å². The lowest BCUT2D eigenvalue weighted by molar-refractivity contribution is -0.122. The zero-order valence-corrected chi connectivity index (χ0v) is 17.5. The van der Waals surface area contributed by atoms with Gasteiger partial charge in [0, 0.05) is 16.6 Å².